The monoisotopic (exact) mass is 310 g/mol. The Balaban J connectivity index is 2.50. The van der Waals surface area contributed by atoms with Gasteiger partial charge in [-0.25, -0.2) is 4.39 Å². The summed E-state index contributed by atoms with van der Waals surface area (Å²) in [7, 11) is 0. The number of rotatable bonds is 5. The standard InChI is InChI=1S/C14H15FN2O3S/c1-3-16(11-6-4-10(15)5-7-11)14-12(17(19)20)8-13(21-14)9(2)18/h4-9,18H,3H2,1-2H3/t9-/m1/s1. The zero-order valence-corrected chi connectivity index (χ0v) is 12.4. The van der Waals surface area contributed by atoms with Crippen molar-refractivity contribution in [2.45, 2.75) is 20.0 Å². The highest BCUT2D eigenvalue weighted by Crippen LogP contribution is 2.42. The minimum Gasteiger partial charge on any atom is -0.388 e. The molecule has 0 amide bonds. The van der Waals surface area contributed by atoms with Crippen LogP contribution in [0.5, 0.6) is 0 Å². The van der Waals surface area contributed by atoms with Crippen LogP contribution in [0.25, 0.3) is 0 Å². The first kappa shape index (κ1) is 15.4. The molecule has 7 heteroatoms. The molecular weight excluding hydrogens is 295 g/mol. The SMILES string of the molecule is CCN(c1ccc(F)cc1)c1sc([C@@H](C)O)cc1[N+](=O)[O-]. The van der Waals surface area contributed by atoms with E-state index >= 15 is 0 Å². The maximum Gasteiger partial charge on any atom is 0.304 e. The Labute approximate surface area is 125 Å². The normalized spacial score (nSPS) is 12.2. The van der Waals surface area contributed by atoms with Gasteiger partial charge in [0.1, 0.15) is 5.82 Å². The van der Waals surface area contributed by atoms with Gasteiger partial charge in [0.25, 0.3) is 0 Å². The summed E-state index contributed by atoms with van der Waals surface area (Å²) in [5.41, 5.74) is 0.614. The van der Waals surface area contributed by atoms with Gasteiger partial charge in [0.05, 0.1) is 11.0 Å². The second kappa shape index (κ2) is 6.19. The molecule has 2 aromatic rings. The Morgan fingerprint density at radius 2 is 2.05 bits per heavy atom. The molecular formula is C14H15FN2O3S. The molecule has 1 atom stereocenters. The van der Waals surface area contributed by atoms with Crippen LogP contribution in [0.15, 0.2) is 30.3 Å². The number of aliphatic hydroxyl groups excluding tert-OH is 1. The van der Waals surface area contributed by atoms with E-state index in [4.69, 9.17) is 0 Å². The molecule has 0 aliphatic heterocycles. The summed E-state index contributed by atoms with van der Waals surface area (Å²) < 4.78 is 13.0. The van der Waals surface area contributed by atoms with Crippen molar-refractivity contribution in [3.63, 3.8) is 0 Å². The minimum absolute atomic E-state index is 0.0536. The molecule has 0 saturated carbocycles. The van der Waals surface area contributed by atoms with E-state index in [1.165, 1.54) is 29.5 Å². The minimum atomic E-state index is -0.769. The largest absolute Gasteiger partial charge is 0.388 e. The van der Waals surface area contributed by atoms with E-state index in [1.54, 1.807) is 24.0 Å². The van der Waals surface area contributed by atoms with Gasteiger partial charge in [0.15, 0.2) is 5.00 Å². The van der Waals surface area contributed by atoms with Gasteiger partial charge in [-0.2, -0.15) is 0 Å². The fraction of sp³-hybridized carbons (Fsp3) is 0.286. The Morgan fingerprint density at radius 3 is 2.52 bits per heavy atom. The highest BCUT2D eigenvalue weighted by Gasteiger charge is 2.25. The first-order chi connectivity index (χ1) is 9.93. The van der Waals surface area contributed by atoms with E-state index in [0.717, 1.165) is 0 Å². The third-order valence-electron chi connectivity index (χ3n) is 3.02. The summed E-state index contributed by atoms with van der Waals surface area (Å²) in [5.74, 6) is -0.361. The fourth-order valence-electron chi connectivity index (χ4n) is 1.98. The number of thiophene rings is 1. The van der Waals surface area contributed by atoms with E-state index in [9.17, 15) is 19.6 Å². The van der Waals surface area contributed by atoms with Gasteiger partial charge in [-0.1, -0.05) is 0 Å². The average Bonchev–Trinajstić information content (AvgIpc) is 2.87. The molecule has 0 bridgehead atoms. The first-order valence-corrected chi connectivity index (χ1v) is 7.25. The van der Waals surface area contributed by atoms with E-state index in [0.29, 0.717) is 22.1 Å². The number of halogens is 1. The van der Waals surface area contributed by atoms with Crippen molar-refractivity contribution in [1.29, 1.82) is 0 Å². The predicted octanol–water partition coefficient (Wildman–Crippen LogP) is 4.01. The lowest BCUT2D eigenvalue weighted by atomic mass is 10.2. The van der Waals surface area contributed by atoms with Gasteiger partial charge in [-0.05, 0) is 38.1 Å². The number of benzene rings is 1. The third-order valence-corrected chi connectivity index (χ3v) is 4.34. The molecule has 2 rings (SSSR count). The maximum atomic E-state index is 13.0. The molecule has 21 heavy (non-hydrogen) atoms. The van der Waals surface area contributed by atoms with E-state index in [1.807, 2.05) is 6.92 Å². The van der Waals surface area contributed by atoms with Crippen molar-refractivity contribution in [2.24, 2.45) is 0 Å². The molecule has 0 radical (unpaired) electrons. The topological polar surface area (TPSA) is 66.6 Å². The molecule has 5 nitrogen and oxygen atoms in total. The van der Waals surface area contributed by atoms with Gasteiger partial charge in [-0.3, -0.25) is 10.1 Å². The van der Waals surface area contributed by atoms with Crippen molar-refractivity contribution in [3.8, 4) is 0 Å². The van der Waals surface area contributed by atoms with Crippen LogP contribution in [-0.4, -0.2) is 16.6 Å². The molecule has 1 N–H and O–H groups in total. The quantitative estimate of drug-likeness (QED) is 0.669. The summed E-state index contributed by atoms with van der Waals surface area (Å²) in [4.78, 5) is 13.0. The van der Waals surface area contributed by atoms with Crippen molar-refractivity contribution in [2.75, 3.05) is 11.4 Å². The Bertz CT molecular complexity index is 640. The molecule has 0 fully saturated rings. The van der Waals surface area contributed by atoms with Crippen LogP contribution in [0.2, 0.25) is 0 Å². The number of hydrogen-bond acceptors (Lipinski definition) is 5. The van der Waals surface area contributed by atoms with Gasteiger partial charge < -0.3 is 10.0 Å². The predicted molar refractivity (Wildman–Crippen MR) is 80.7 cm³/mol. The third kappa shape index (κ3) is 3.20. The van der Waals surface area contributed by atoms with Crippen molar-refractivity contribution in [1.82, 2.24) is 0 Å². The molecule has 0 aliphatic rings. The van der Waals surface area contributed by atoms with Gasteiger partial charge in [0, 0.05) is 23.2 Å². The van der Waals surface area contributed by atoms with Crippen LogP contribution in [0, 0.1) is 15.9 Å². The van der Waals surface area contributed by atoms with Crippen molar-refractivity contribution >= 4 is 27.7 Å². The number of aliphatic hydroxyl groups is 1. The highest BCUT2D eigenvalue weighted by atomic mass is 32.1. The van der Waals surface area contributed by atoms with Crippen molar-refractivity contribution < 1.29 is 14.4 Å². The second-order valence-electron chi connectivity index (χ2n) is 4.49. The Hall–Kier alpha value is -1.99. The zero-order chi connectivity index (χ0) is 15.6. The smallest absolute Gasteiger partial charge is 0.304 e. The van der Waals surface area contributed by atoms with Crippen LogP contribution in [-0.2, 0) is 0 Å². The van der Waals surface area contributed by atoms with Crippen molar-refractivity contribution in [3.05, 3.63) is 51.1 Å². The molecule has 112 valence electrons. The average molecular weight is 310 g/mol. The van der Waals surface area contributed by atoms with Gasteiger partial charge in [0.2, 0.25) is 0 Å². The fourth-order valence-corrected chi connectivity index (χ4v) is 3.13. The van der Waals surface area contributed by atoms with Crippen LogP contribution >= 0.6 is 11.3 Å². The number of anilines is 2. The Morgan fingerprint density at radius 1 is 1.43 bits per heavy atom. The molecule has 1 heterocycles. The van der Waals surface area contributed by atoms with E-state index in [-0.39, 0.29) is 11.5 Å². The lowest BCUT2D eigenvalue weighted by Crippen LogP contribution is -2.15. The number of nitro groups is 1. The molecule has 0 spiro atoms. The van der Waals surface area contributed by atoms with Gasteiger partial charge >= 0.3 is 5.69 Å². The van der Waals surface area contributed by atoms with E-state index < -0.39 is 11.0 Å². The number of nitrogens with zero attached hydrogens (tertiary/aromatic N) is 2. The summed E-state index contributed by atoms with van der Waals surface area (Å²) in [5, 5.41) is 21.3. The van der Waals surface area contributed by atoms with Crippen LogP contribution in [0.1, 0.15) is 24.8 Å². The Kier molecular flexibility index (Phi) is 4.54. The second-order valence-corrected chi connectivity index (χ2v) is 5.56. The lowest BCUT2D eigenvalue weighted by Gasteiger charge is -2.20. The molecule has 0 saturated heterocycles. The summed E-state index contributed by atoms with van der Waals surface area (Å²) >= 11 is 1.17. The maximum absolute atomic E-state index is 13.0. The highest BCUT2D eigenvalue weighted by molar-refractivity contribution is 7.16. The molecule has 0 aliphatic carbocycles. The van der Waals surface area contributed by atoms with Crippen LogP contribution < -0.4 is 4.90 Å². The zero-order valence-electron chi connectivity index (χ0n) is 11.6. The molecule has 1 aromatic heterocycles. The molecule has 0 unspecified atom stereocenters. The van der Waals surface area contributed by atoms with E-state index in [2.05, 4.69) is 0 Å². The first-order valence-electron chi connectivity index (χ1n) is 6.43. The summed E-state index contributed by atoms with van der Waals surface area (Å²) in [6, 6.07) is 7.16. The summed E-state index contributed by atoms with van der Waals surface area (Å²) in [6.45, 7) is 3.91. The molecule has 1 aromatic carbocycles. The van der Waals surface area contributed by atoms with Crippen LogP contribution in [0.3, 0.4) is 0 Å². The van der Waals surface area contributed by atoms with Gasteiger partial charge in [-0.15, -0.1) is 11.3 Å². The summed E-state index contributed by atoms with van der Waals surface area (Å²) in [6.07, 6.45) is -0.769. The lowest BCUT2D eigenvalue weighted by molar-refractivity contribution is -0.383. The number of hydrogen-bond donors (Lipinski definition) is 1. The van der Waals surface area contributed by atoms with Crippen LogP contribution in [0.4, 0.5) is 20.8 Å².